The van der Waals surface area contributed by atoms with Gasteiger partial charge < -0.3 is 15.2 Å². The number of carboxylic acid groups (broad SMARTS) is 1. The van der Waals surface area contributed by atoms with E-state index < -0.39 is 5.97 Å². The second-order valence-corrected chi connectivity index (χ2v) is 7.66. The molecule has 30 heavy (non-hydrogen) atoms. The average molecular weight is 418 g/mol. The SMILES string of the molecule is COc1ccc(/C=C2\SC(Nc3ccc(CC(=O)O)cc3)=NC2=O)c2ccccc12. The standard InChI is InChI=1S/C23H18N2O4S/c1-29-19-11-8-15(17-4-2-3-5-18(17)19)13-20-22(28)25-23(30-20)24-16-9-6-14(7-10-16)12-21(26)27/h2-11,13H,12H2,1H3,(H,26,27)(H,24,25,28)/b20-13-. The fourth-order valence-electron chi connectivity index (χ4n) is 3.21. The Morgan fingerprint density at radius 1 is 1.10 bits per heavy atom. The molecule has 4 rings (SSSR count). The van der Waals surface area contributed by atoms with Gasteiger partial charge in [-0.2, -0.15) is 4.99 Å². The third-order valence-electron chi connectivity index (χ3n) is 4.61. The zero-order valence-electron chi connectivity index (χ0n) is 16.1. The van der Waals surface area contributed by atoms with Crippen molar-refractivity contribution in [2.24, 2.45) is 4.99 Å². The van der Waals surface area contributed by atoms with Crippen LogP contribution < -0.4 is 10.1 Å². The van der Waals surface area contributed by atoms with E-state index in [1.165, 1.54) is 11.8 Å². The van der Waals surface area contributed by atoms with Gasteiger partial charge in [-0.05, 0) is 52.6 Å². The highest BCUT2D eigenvalue weighted by Crippen LogP contribution is 2.33. The number of hydrogen-bond donors (Lipinski definition) is 2. The zero-order chi connectivity index (χ0) is 21.1. The fourth-order valence-corrected chi connectivity index (χ4v) is 4.03. The van der Waals surface area contributed by atoms with Gasteiger partial charge in [-0.15, -0.1) is 0 Å². The first-order valence-corrected chi connectivity index (χ1v) is 10.0. The Labute approximate surface area is 177 Å². The second-order valence-electron chi connectivity index (χ2n) is 6.63. The number of rotatable bonds is 5. The highest BCUT2D eigenvalue weighted by atomic mass is 32.2. The van der Waals surface area contributed by atoms with Crippen LogP contribution in [0.4, 0.5) is 5.69 Å². The number of carboxylic acids is 1. The summed E-state index contributed by atoms with van der Waals surface area (Å²) in [6, 6.07) is 18.7. The van der Waals surface area contributed by atoms with E-state index >= 15 is 0 Å². The fraction of sp³-hybridized carbons (Fsp3) is 0.0870. The monoisotopic (exact) mass is 418 g/mol. The summed E-state index contributed by atoms with van der Waals surface area (Å²) in [4.78, 5) is 27.8. The number of fused-ring (bicyclic) bond motifs is 1. The number of amidine groups is 1. The van der Waals surface area contributed by atoms with Gasteiger partial charge in [-0.25, -0.2) is 0 Å². The third-order valence-corrected chi connectivity index (χ3v) is 5.50. The van der Waals surface area contributed by atoms with E-state index in [1.54, 1.807) is 31.4 Å². The molecule has 3 aromatic rings. The smallest absolute Gasteiger partial charge is 0.307 e. The van der Waals surface area contributed by atoms with Gasteiger partial charge in [0.2, 0.25) is 0 Å². The van der Waals surface area contributed by atoms with Crippen molar-refractivity contribution in [3.63, 3.8) is 0 Å². The number of carbonyl (C=O) groups excluding carboxylic acids is 1. The Hall–Kier alpha value is -3.58. The number of anilines is 1. The number of nitrogens with zero attached hydrogens (tertiary/aromatic N) is 1. The molecule has 1 aliphatic heterocycles. The minimum Gasteiger partial charge on any atom is -0.496 e. The third kappa shape index (κ3) is 4.21. The Morgan fingerprint density at radius 2 is 1.83 bits per heavy atom. The van der Waals surface area contributed by atoms with Crippen molar-refractivity contribution in [3.05, 3.63) is 76.7 Å². The van der Waals surface area contributed by atoms with Gasteiger partial charge in [0.25, 0.3) is 5.91 Å². The predicted octanol–water partition coefficient (Wildman–Crippen LogP) is 4.56. The van der Waals surface area contributed by atoms with Crippen LogP contribution in [0.5, 0.6) is 5.75 Å². The molecule has 0 unspecified atom stereocenters. The van der Waals surface area contributed by atoms with E-state index in [4.69, 9.17) is 9.84 Å². The zero-order valence-corrected chi connectivity index (χ0v) is 16.9. The normalized spacial score (nSPS) is 14.8. The topological polar surface area (TPSA) is 88.0 Å². The maximum absolute atomic E-state index is 12.4. The lowest BCUT2D eigenvalue weighted by atomic mass is 10.0. The van der Waals surface area contributed by atoms with Crippen LogP contribution in [0.3, 0.4) is 0 Å². The van der Waals surface area contributed by atoms with Crippen LogP contribution >= 0.6 is 11.8 Å². The Kier molecular flexibility index (Phi) is 5.54. The van der Waals surface area contributed by atoms with Crippen molar-refractivity contribution in [2.75, 3.05) is 12.4 Å². The predicted molar refractivity (Wildman–Crippen MR) is 120 cm³/mol. The van der Waals surface area contributed by atoms with Gasteiger partial charge in [0.1, 0.15) is 5.75 Å². The number of methoxy groups -OCH3 is 1. The Morgan fingerprint density at radius 3 is 2.53 bits per heavy atom. The van der Waals surface area contributed by atoms with Gasteiger partial charge in [0, 0.05) is 11.1 Å². The largest absolute Gasteiger partial charge is 0.496 e. The van der Waals surface area contributed by atoms with Crippen molar-refractivity contribution in [1.82, 2.24) is 0 Å². The minimum absolute atomic E-state index is 0.0306. The molecule has 0 saturated heterocycles. The first kappa shape index (κ1) is 19.7. The van der Waals surface area contributed by atoms with Gasteiger partial charge in [-0.3, -0.25) is 9.59 Å². The van der Waals surface area contributed by atoms with Crippen molar-refractivity contribution in [3.8, 4) is 5.75 Å². The van der Waals surface area contributed by atoms with E-state index in [9.17, 15) is 9.59 Å². The van der Waals surface area contributed by atoms with E-state index in [2.05, 4.69) is 10.3 Å². The second kappa shape index (κ2) is 8.42. The molecule has 150 valence electrons. The molecule has 2 N–H and O–H groups in total. The Bertz CT molecular complexity index is 1200. The van der Waals surface area contributed by atoms with Crippen LogP contribution in [-0.4, -0.2) is 29.3 Å². The average Bonchev–Trinajstić information content (AvgIpc) is 3.08. The number of aliphatic imine (C=N–C) groups is 1. The van der Waals surface area contributed by atoms with Crippen LogP contribution in [0, 0.1) is 0 Å². The van der Waals surface area contributed by atoms with Crippen molar-refractivity contribution in [2.45, 2.75) is 6.42 Å². The van der Waals surface area contributed by atoms with Crippen LogP contribution in [-0.2, 0) is 16.0 Å². The maximum Gasteiger partial charge on any atom is 0.307 e. The summed E-state index contributed by atoms with van der Waals surface area (Å²) in [5.41, 5.74) is 2.35. The quantitative estimate of drug-likeness (QED) is 0.591. The molecule has 0 fully saturated rings. The summed E-state index contributed by atoms with van der Waals surface area (Å²) in [6.45, 7) is 0. The number of aliphatic carboxylic acids is 1. The molecule has 0 radical (unpaired) electrons. The highest BCUT2D eigenvalue weighted by Gasteiger charge is 2.22. The lowest BCUT2D eigenvalue weighted by molar-refractivity contribution is -0.136. The van der Waals surface area contributed by atoms with Crippen LogP contribution in [0.15, 0.2) is 70.6 Å². The molecule has 3 aromatic carbocycles. The minimum atomic E-state index is -0.877. The molecule has 0 atom stereocenters. The van der Waals surface area contributed by atoms with Gasteiger partial charge in [0.05, 0.1) is 18.4 Å². The molecule has 6 nitrogen and oxygen atoms in total. The van der Waals surface area contributed by atoms with E-state index in [1.807, 2.05) is 42.5 Å². The van der Waals surface area contributed by atoms with Gasteiger partial charge in [-0.1, -0.05) is 42.5 Å². The first-order chi connectivity index (χ1) is 14.5. The van der Waals surface area contributed by atoms with Crippen LogP contribution in [0.1, 0.15) is 11.1 Å². The molecule has 7 heteroatoms. The molecular formula is C23H18N2O4S. The summed E-state index contributed by atoms with van der Waals surface area (Å²) >= 11 is 1.27. The molecule has 0 aromatic heterocycles. The van der Waals surface area contributed by atoms with E-state index in [0.717, 1.165) is 27.8 Å². The first-order valence-electron chi connectivity index (χ1n) is 9.19. The van der Waals surface area contributed by atoms with Crippen molar-refractivity contribution >= 4 is 51.3 Å². The van der Waals surface area contributed by atoms with Crippen molar-refractivity contribution < 1.29 is 19.4 Å². The van der Waals surface area contributed by atoms with Crippen molar-refractivity contribution in [1.29, 1.82) is 0 Å². The number of thioether (sulfide) groups is 1. The molecule has 0 spiro atoms. The van der Waals surface area contributed by atoms with E-state index in [0.29, 0.717) is 15.6 Å². The van der Waals surface area contributed by atoms with Crippen LogP contribution in [0.25, 0.3) is 16.8 Å². The molecule has 0 bridgehead atoms. The highest BCUT2D eigenvalue weighted by molar-refractivity contribution is 8.18. The van der Waals surface area contributed by atoms with Gasteiger partial charge >= 0.3 is 5.97 Å². The molecule has 0 saturated carbocycles. The lowest BCUT2D eigenvalue weighted by Crippen LogP contribution is -2.05. The molecule has 1 aliphatic rings. The lowest BCUT2D eigenvalue weighted by Gasteiger charge is -2.08. The van der Waals surface area contributed by atoms with Gasteiger partial charge in [0.15, 0.2) is 5.17 Å². The summed E-state index contributed by atoms with van der Waals surface area (Å²) < 4.78 is 5.43. The molecule has 1 amide bonds. The number of amides is 1. The number of ether oxygens (including phenoxy) is 1. The molecule has 1 heterocycles. The van der Waals surface area contributed by atoms with E-state index in [-0.39, 0.29) is 12.3 Å². The maximum atomic E-state index is 12.4. The molecule has 0 aliphatic carbocycles. The summed E-state index contributed by atoms with van der Waals surface area (Å²) in [7, 11) is 1.64. The number of nitrogens with one attached hydrogen (secondary N) is 1. The summed E-state index contributed by atoms with van der Waals surface area (Å²) in [5.74, 6) is -0.397. The Balaban J connectivity index is 1.53. The number of carbonyl (C=O) groups is 2. The number of hydrogen-bond acceptors (Lipinski definition) is 5. The summed E-state index contributed by atoms with van der Waals surface area (Å²) in [5, 5.41) is 14.4. The van der Waals surface area contributed by atoms with Crippen LogP contribution in [0.2, 0.25) is 0 Å². The number of benzene rings is 3. The molecular weight excluding hydrogens is 400 g/mol. The summed E-state index contributed by atoms with van der Waals surface area (Å²) in [6.07, 6.45) is 1.81.